The molecule has 2 unspecified atom stereocenters. The van der Waals surface area contributed by atoms with Crippen LogP contribution < -0.4 is 4.74 Å². The highest BCUT2D eigenvalue weighted by Gasteiger charge is 2.42. The van der Waals surface area contributed by atoms with Gasteiger partial charge in [0.25, 0.3) is 5.97 Å². The van der Waals surface area contributed by atoms with Gasteiger partial charge in [-0.15, -0.1) is 6.58 Å². The van der Waals surface area contributed by atoms with E-state index in [9.17, 15) is 5.11 Å². The number of hydrogen-bond acceptors (Lipinski definition) is 5. The van der Waals surface area contributed by atoms with E-state index in [2.05, 4.69) is 22.5 Å². The summed E-state index contributed by atoms with van der Waals surface area (Å²) in [6.07, 6.45) is 5.62. The molecule has 150 valence electrons. The van der Waals surface area contributed by atoms with Crippen molar-refractivity contribution in [3.05, 3.63) is 48.7 Å². The summed E-state index contributed by atoms with van der Waals surface area (Å²) in [4.78, 5) is 15.9. The summed E-state index contributed by atoms with van der Waals surface area (Å²) in [5.41, 5.74) is 1.85. The van der Waals surface area contributed by atoms with Gasteiger partial charge in [0.05, 0.1) is 18.7 Å². The lowest BCUT2D eigenvalue weighted by Crippen LogP contribution is -2.54. The van der Waals surface area contributed by atoms with Gasteiger partial charge in [0.2, 0.25) is 0 Å². The van der Waals surface area contributed by atoms with Gasteiger partial charge in [-0.3, -0.25) is 14.7 Å². The van der Waals surface area contributed by atoms with Gasteiger partial charge in [-0.05, 0) is 61.1 Å². The second-order valence-electron chi connectivity index (χ2n) is 7.49. The van der Waals surface area contributed by atoms with Crippen LogP contribution in [0.25, 0.3) is 10.9 Å². The fourth-order valence-electron chi connectivity index (χ4n) is 4.44. The van der Waals surface area contributed by atoms with E-state index >= 15 is 0 Å². The summed E-state index contributed by atoms with van der Waals surface area (Å²) in [5, 5.41) is 19.5. The number of carboxylic acids is 1. The summed E-state index contributed by atoms with van der Waals surface area (Å²) >= 11 is 0. The Kier molecular flexibility index (Phi) is 6.31. The summed E-state index contributed by atoms with van der Waals surface area (Å²) in [6, 6.07) is 7.96. The van der Waals surface area contributed by atoms with Crippen LogP contribution in [-0.4, -0.2) is 52.3 Å². The molecule has 28 heavy (non-hydrogen) atoms. The third-order valence-corrected chi connectivity index (χ3v) is 5.82. The molecule has 5 rings (SSSR count). The average Bonchev–Trinajstić information content (AvgIpc) is 2.72. The minimum absolute atomic E-state index is 0.178. The number of methoxy groups -OCH3 is 1. The molecule has 2 bridgehead atoms. The van der Waals surface area contributed by atoms with Gasteiger partial charge in [0.1, 0.15) is 5.75 Å². The molecular formula is C22H28N2O4. The molecule has 5 atom stereocenters. The van der Waals surface area contributed by atoms with E-state index in [0.717, 1.165) is 48.6 Å². The molecule has 2 aromatic rings. The van der Waals surface area contributed by atoms with E-state index in [4.69, 9.17) is 14.6 Å². The highest BCUT2D eigenvalue weighted by molar-refractivity contribution is 5.83. The highest BCUT2D eigenvalue weighted by Crippen LogP contribution is 2.42. The number of piperidine rings is 3. The van der Waals surface area contributed by atoms with Crippen LogP contribution >= 0.6 is 0 Å². The van der Waals surface area contributed by atoms with Crippen molar-refractivity contribution < 1.29 is 19.7 Å². The minimum atomic E-state index is -0.833. The Hall–Kier alpha value is -2.44. The van der Waals surface area contributed by atoms with E-state index in [0.29, 0.717) is 11.8 Å². The summed E-state index contributed by atoms with van der Waals surface area (Å²) in [5.74, 6) is 1.17. The maximum Gasteiger partial charge on any atom is 0.300 e. The normalized spacial score (nSPS) is 26.8. The Morgan fingerprint density at radius 2 is 2.18 bits per heavy atom. The molecule has 6 nitrogen and oxygen atoms in total. The van der Waals surface area contributed by atoms with Crippen molar-refractivity contribution in [1.29, 1.82) is 0 Å². The van der Waals surface area contributed by atoms with Crippen LogP contribution in [0.4, 0.5) is 0 Å². The van der Waals surface area contributed by atoms with Crippen LogP contribution in [0.2, 0.25) is 0 Å². The van der Waals surface area contributed by atoms with Crippen molar-refractivity contribution in [2.24, 2.45) is 11.8 Å². The van der Waals surface area contributed by atoms with Gasteiger partial charge in [-0.1, -0.05) is 6.08 Å². The van der Waals surface area contributed by atoms with Crippen LogP contribution in [-0.2, 0) is 4.79 Å². The monoisotopic (exact) mass is 384 g/mol. The maximum atomic E-state index is 11.2. The van der Waals surface area contributed by atoms with Gasteiger partial charge in [0.15, 0.2) is 0 Å². The van der Waals surface area contributed by atoms with Crippen LogP contribution in [0.1, 0.15) is 31.4 Å². The van der Waals surface area contributed by atoms with Crippen molar-refractivity contribution in [2.45, 2.75) is 31.9 Å². The first kappa shape index (κ1) is 20.3. The SMILES string of the molecule is C=C[C@@H]1CN2CCC1C[C@@H]2[C@H](O)c1ccnc2ccc(OC)cc12.CC(=O)O. The Morgan fingerprint density at radius 3 is 2.79 bits per heavy atom. The number of aromatic nitrogens is 1. The number of pyridine rings is 1. The van der Waals surface area contributed by atoms with Crippen molar-refractivity contribution in [2.75, 3.05) is 20.2 Å². The fourth-order valence-corrected chi connectivity index (χ4v) is 4.44. The van der Waals surface area contributed by atoms with Gasteiger partial charge in [0, 0.05) is 31.1 Å². The standard InChI is InChI=1S/C20H24N2O2.C2H4O2/c1-3-13-12-22-9-7-14(13)10-19(22)20(23)16-6-8-21-18-5-4-15(24-2)11-17(16)18;1-2(3)4/h3-6,8,11,13-14,19-20,23H,1,7,9-10,12H2,2H3;1H3,(H,3,4)/t13-,14?,19-,20-;/m1./s1. The summed E-state index contributed by atoms with van der Waals surface area (Å²) in [7, 11) is 1.66. The molecule has 4 heterocycles. The predicted octanol–water partition coefficient (Wildman–Crippen LogP) is 3.26. The van der Waals surface area contributed by atoms with E-state index in [1.54, 1.807) is 13.3 Å². The topological polar surface area (TPSA) is 82.9 Å². The van der Waals surface area contributed by atoms with Crippen molar-refractivity contribution in [3.8, 4) is 5.75 Å². The second kappa shape index (κ2) is 8.71. The quantitative estimate of drug-likeness (QED) is 0.788. The lowest BCUT2D eigenvalue weighted by Gasteiger charge is -2.50. The number of nitrogens with zero attached hydrogens (tertiary/aromatic N) is 2. The number of rotatable bonds is 4. The molecule has 0 saturated carbocycles. The number of hydrogen-bond donors (Lipinski definition) is 2. The molecule has 0 aliphatic carbocycles. The molecule has 1 aromatic carbocycles. The summed E-state index contributed by atoms with van der Waals surface area (Å²) in [6.45, 7) is 7.15. The third kappa shape index (κ3) is 4.18. The van der Waals surface area contributed by atoms with Gasteiger partial charge < -0.3 is 14.9 Å². The van der Waals surface area contributed by atoms with Gasteiger partial charge >= 0.3 is 0 Å². The zero-order valence-corrected chi connectivity index (χ0v) is 16.4. The smallest absolute Gasteiger partial charge is 0.300 e. The molecule has 3 aliphatic heterocycles. The molecule has 0 amide bonds. The van der Waals surface area contributed by atoms with Crippen molar-refractivity contribution in [1.82, 2.24) is 9.88 Å². The predicted molar refractivity (Wildman–Crippen MR) is 108 cm³/mol. The van der Waals surface area contributed by atoms with Crippen LogP contribution in [0.15, 0.2) is 43.1 Å². The van der Waals surface area contributed by atoms with E-state index in [1.807, 2.05) is 24.3 Å². The second-order valence-corrected chi connectivity index (χ2v) is 7.49. The summed E-state index contributed by atoms with van der Waals surface area (Å²) < 4.78 is 5.35. The Labute approximate surface area is 165 Å². The maximum absolute atomic E-state index is 11.2. The number of ether oxygens (including phenoxy) is 1. The first-order valence-electron chi connectivity index (χ1n) is 9.61. The van der Waals surface area contributed by atoms with Crippen LogP contribution in [0.3, 0.4) is 0 Å². The first-order valence-corrected chi connectivity index (χ1v) is 9.61. The Balaban J connectivity index is 0.000000516. The molecule has 6 heteroatoms. The van der Waals surface area contributed by atoms with Crippen LogP contribution in [0.5, 0.6) is 5.75 Å². The Bertz CT molecular complexity index is 850. The molecule has 0 spiro atoms. The van der Waals surface area contributed by atoms with Crippen molar-refractivity contribution >= 4 is 16.9 Å². The van der Waals surface area contributed by atoms with Crippen molar-refractivity contribution in [3.63, 3.8) is 0 Å². The first-order chi connectivity index (χ1) is 13.4. The number of carbonyl (C=O) groups is 1. The Morgan fingerprint density at radius 1 is 1.43 bits per heavy atom. The third-order valence-electron chi connectivity index (χ3n) is 5.82. The molecule has 2 N–H and O–H groups in total. The average molecular weight is 384 g/mol. The number of fused-ring (bicyclic) bond motifs is 4. The highest BCUT2D eigenvalue weighted by atomic mass is 16.5. The zero-order valence-electron chi connectivity index (χ0n) is 16.4. The van der Waals surface area contributed by atoms with Gasteiger partial charge in [-0.25, -0.2) is 0 Å². The number of aliphatic hydroxyl groups excluding tert-OH is 1. The van der Waals surface area contributed by atoms with Crippen LogP contribution in [0, 0.1) is 11.8 Å². The lowest BCUT2D eigenvalue weighted by molar-refractivity contribution is -0.134. The number of benzene rings is 1. The molecule has 3 saturated heterocycles. The lowest BCUT2D eigenvalue weighted by atomic mass is 9.73. The van der Waals surface area contributed by atoms with E-state index in [1.165, 1.54) is 6.42 Å². The zero-order chi connectivity index (χ0) is 20.3. The fraction of sp³-hybridized carbons (Fsp3) is 0.455. The molecule has 1 aromatic heterocycles. The molecule has 3 aliphatic rings. The molecule has 0 radical (unpaired) electrons. The number of carboxylic acid groups (broad SMARTS) is 1. The number of aliphatic hydroxyl groups is 1. The molecular weight excluding hydrogens is 356 g/mol. The van der Waals surface area contributed by atoms with E-state index in [-0.39, 0.29) is 6.04 Å². The molecule has 3 fully saturated rings. The minimum Gasteiger partial charge on any atom is -0.497 e. The largest absolute Gasteiger partial charge is 0.497 e. The van der Waals surface area contributed by atoms with E-state index < -0.39 is 12.1 Å². The van der Waals surface area contributed by atoms with Gasteiger partial charge in [-0.2, -0.15) is 0 Å². The number of aliphatic carboxylic acids is 1.